The maximum Gasteiger partial charge on any atom is 0.194 e. The molecule has 7 nitrogen and oxygen atoms in total. The topological polar surface area (TPSA) is 57.9 Å². The fraction of sp³-hybridized carbons (Fsp3) is 0.304. The predicted octanol–water partition coefficient (Wildman–Crippen LogP) is 2.78. The van der Waals surface area contributed by atoms with E-state index in [1.54, 1.807) is 7.11 Å². The van der Waals surface area contributed by atoms with Gasteiger partial charge in [0.2, 0.25) is 0 Å². The predicted molar refractivity (Wildman–Crippen MR) is 121 cm³/mol. The highest BCUT2D eigenvalue weighted by molar-refractivity contribution is 5.80. The van der Waals surface area contributed by atoms with Gasteiger partial charge < -0.3 is 19.9 Å². The maximum absolute atomic E-state index is 5.25. The van der Waals surface area contributed by atoms with Gasteiger partial charge >= 0.3 is 0 Å². The van der Waals surface area contributed by atoms with Crippen LogP contribution in [0.25, 0.3) is 5.69 Å². The average Bonchev–Trinajstić information content (AvgIpc) is 3.30. The molecule has 1 aliphatic rings. The van der Waals surface area contributed by atoms with Crippen LogP contribution in [0.15, 0.2) is 71.9 Å². The molecule has 1 fully saturated rings. The Hall–Kier alpha value is -3.48. The Balaban J connectivity index is 1.30. The van der Waals surface area contributed by atoms with Gasteiger partial charge in [0.25, 0.3) is 0 Å². The molecular weight excluding hydrogens is 376 g/mol. The summed E-state index contributed by atoms with van der Waals surface area (Å²) in [5.74, 6) is 1.80. The van der Waals surface area contributed by atoms with Crippen LogP contribution >= 0.6 is 0 Å². The molecule has 3 aromatic rings. The molecule has 2 aromatic carbocycles. The highest BCUT2D eigenvalue weighted by atomic mass is 16.5. The molecule has 7 heteroatoms. The summed E-state index contributed by atoms with van der Waals surface area (Å²) >= 11 is 0. The van der Waals surface area contributed by atoms with Crippen molar-refractivity contribution < 1.29 is 4.74 Å². The number of nitrogens with one attached hydrogen (secondary N) is 1. The minimum Gasteiger partial charge on any atom is -0.497 e. The second-order valence-electron chi connectivity index (χ2n) is 7.16. The second-order valence-corrected chi connectivity index (χ2v) is 7.16. The number of benzene rings is 2. The SMILES string of the molecule is CN=C(NCc1ccn(-c2ccccc2)n1)N1CCN(c2ccc(OC)cc2)CC1. The first kappa shape index (κ1) is 19.8. The number of anilines is 1. The molecule has 0 radical (unpaired) electrons. The van der Waals surface area contributed by atoms with Crippen LogP contribution in [0.3, 0.4) is 0 Å². The number of hydrogen-bond donors (Lipinski definition) is 1. The van der Waals surface area contributed by atoms with Gasteiger partial charge in [0, 0.05) is 45.1 Å². The van der Waals surface area contributed by atoms with Gasteiger partial charge in [-0.15, -0.1) is 0 Å². The van der Waals surface area contributed by atoms with Crippen molar-refractivity contribution >= 4 is 11.6 Å². The van der Waals surface area contributed by atoms with Crippen LogP contribution in [-0.4, -0.2) is 61.0 Å². The molecule has 0 unspecified atom stereocenters. The lowest BCUT2D eigenvalue weighted by atomic mass is 10.2. The van der Waals surface area contributed by atoms with Crippen molar-refractivity contribution in [3.8, 4) is 11.4 Å². The zero-order chi connectivity index (χ0) is 20.8. The van der Waals surface area contributed by atoms with Crippen LogP contribution < -0.4 is 15.0 Å². The summed E-state index contributed by atoms with van der Waals surface area (Å²) in [4.78, 5) is 9.17. The Morgan fingerprint density at radius 3 is 2.37 bits per heavy atom. The third kappa shape index (κ3) is 4.56. The quantitative estimate of drug-likeness (QED) is 0.524. The molecule has 0 amide bonds. The number of guanidine groups is 1. The molecule has 1 N–H and O–H groups in total. The zero-order valence-corrected chi connectivity index (χ0v) is 17.5. The smallest absolute Gasteiger partial charge is 0.194 e. The maximum atomic E-state index is 5.25. The molecule has 156 valence electrons. The summed E-state index contributed by atoms with van der Waals surface area (Å²) in [6.07, 6.45) is 1.99. The van der Waals surface area contributed by atoms with Gasteiger partial charge in [-0.05, 0) is 42.5 Å². The number of nitrogens with zero attached hydrogens (tertiary/aromatic N) is 5. The van der Waals surface area contributed by atoms with E-state index in [2.05, 4.69) is 37.3 Å². The van der Waals surface area contributed by atoms with E-state index in [1.807, 2.05) is 66.5 Å². The van der Waals surface area contributed by atoms with Gasteiger partial charge in [0.05, 0.1) is 25.0 Å². The van der Waals surface area contributed by atoms with Crippen LogP contribution in [0, 0.1) is 0 Å². The molecule has 0 saturated carbocycles. The third-order valence-electron chi connectivity index (χ3n) is 5.32. The first-order valence-corrected chi connectivity index (χ1v) is 10.2. The highest BCUT2D eigenvalue weighted by Gasteiger charge is 2.20. The van der Waals surface area contributed by atoms with Gasteiger partial charge in [-0.3, -0.25) is 4.99 Å². The van der Waals surface area contributed by atoms with Gasteiger partial charge in [0.1, 0.15) is 5.75 Å². The minimum atomic E-state index is 0.644. The molecule has 0 atom stereocenters. The van der Waals surface area contributed by atoms with E-state index in [0.29, 0.717) is 6.54 Å². The lowest BCUT2D eigenvalue weighted by molar-refractivity contribution is 0.372. The van der Waals surface area contributed by atoms with E-state index >= 15 is 0 Å². The van der Waals surface area contributed by atoms with E-state index < -0.39 is 0 Å². The van der Waals surface area contributed by atoms with Crippen molar-refractivity contribution in [2.45, 2.75) is 6.54 Å². The summed E-state index contributed by atoms with van der Waals surface area (Å²) in [7, 11) is 3.53. The highest BCUT2D eigenvalue weighted by Crippen LogP contribution is 2.20. The van der Waals surface area contributed by atoms with Crippen LogP contribution in [0.2, 0.25) is 0 Å². The minimum absolute atomic E-state index is 0.644. The van der Waals surface area contributed by atoms with Crippen molar-refractivity contribution in [1.82, 2.24) is 20.0 Å². The normalized spacial score (nSPS) is 14.7. The molecule has 1 saturated heterocycles. The monoisotopic (exact) mass is 404 g/mol. The van der Waals surface area contributed by atoms with Crippen LogP contribution in [0.4, 0.5) is 5.69 Å². The molecule has 4 rings (SSSR count). The molecule has 1 aliphatic heterocycles. The van der Waals surface area contributed by atoms with Crippen LogP contribution in [-0.2, 0) is 6.54 Å². The van der Waals surface area contributed by atoms with E-state index in [1.165, 1.54) is 5.69 Å². The number of aliphatic imine (C=N–C) groups is 1. The average molecular weight is 405 g/mol. The summed E-state index contributed by atoms with van der Waals surface area (Å²) in [6, 6.07) is 20.4. The fourth-order valence-electron chi connectivity index (χ4n) is 3.65. The number of para-hydroxylation sites is 1. The fourth-order valence-corrected chi connectivity index (χ4v) is 3.65. The van der Waals surface area contributed by atoms with E-state index in [4.69, 9.17) is 4.74 Å². The largest absolute Gasteiger partial charge is 0.497 e. The van der Waals surface area contributed by atoms with Crippen molar-refractivity contribution in [1.29, 1.82) is 0 Å². The first-order valence-electron chi connectivity index (χ1n) is 10.2. The number of aromatic nitrogens is 2. The molecule has 0 bridgehead atoms. The Bertz CT molecular complexity index is 959. The molecule has 0 spiro atoms. The van der Waals surface area contributed by atoms with Gasteiger partial charge in [-0.2, -0.15) is 5.10 Å². The van der Waals surface area contributed by atoms with Crippen LogP contribution in [0.5, 0.6) is 5.75 Å². The Morgan fingerprint density at radius 1 is 0.967 bits per heavy atom. The van der Waals surface area contributed by atoms with Gasteiger partial charge in [0.15, 0.2) is 5.96 Å². The Labute approximate surface area is 177 Å². The van der Waals surface area contributed by atoms with E-state index in [0.717, 1.165) is 49.3 Å². The summed E-state index contributed by atoms with van der Waals surface area (Å²) < 4.78 is 7.15. The first-order chi connectivity index (χ1) is 14.8. The third-order valence-corrected chi connectivity index (χ3v) is 5.32. The Kier molecular flexibility index (Phi) is 6.17. The lowest BCUT2D eigenvalue weighted by Crippen LogP contribution is -2.52. The summed E-state index contributed by atoms with van der Waals surface area (Å²) in [6.45, 7) is 4.39. The standard InChI is InChI=1S/C23H28N6O/c1-24-23(25-18-19-12-13-29(26-19)21-6-4-3-5-7-21)28-16-14-27(15-17-28)20-8-10-22(30-2)11-9-20/h3-13H,14-18H2,1-2H3,(H,24,25). The summed E-state index contributed by atoms with van der Waals surface area (Å²) in [5.41, 5.74) is 3.27. The number of methoxy groups -OCH3 is 1. The Morgan fingerprint density at radius 2 is 1.70 bits per heavy atom. The zero-order valence-electron chi connectivity index (χ0n) is 17.5. The van der Waals surface area contributed by atoms with E-state index in [9.17, 15) is 0 Å². The molecule has 0 aliphatic carbocycles. The van der Waals surface area contributed by atoms with Crippen molar-refractivity contribution in [2.75, 3.05) is 45.2 Å². The summed E-state index contributed by atoms with van der Waals surface area (Å²) in [5, 5.41) is 8.11. The van der Waals surface area contributed by atoms with Gasteiger partial charge in [-0.25, -0.2) is 4.68 Å². The van der Waals surface area contributed by atoms with Crippen molar-refractivity contribution in [3.05, 3.63) is 72.6 Å². The molecule has 2 heterocycles. The lowest BCUT2D eigenvalue weighted by Gasteiger charge is -2.37. The van der Waals surface area contributed by atoms with Gasteiger partial charge in [-0.1, -0.05) is 18.2 Å². The number of rotatable bonds is 5. The molecular formula is C23H28N6O. The molecule has 30 heavy (non-hydrogen) atoms. The molecule has 1 aromatic heterocycles. The number of hydrogen-bond acceptors (Lipinski definition) is 4. The second kappa shape index (κ2) is 9.35. The van der Waals surface area contributed by atoms with E-state index in [-0.39, 0.29) is 0 Å². The van der Waals surface area contributed by atoms with Crippen LogP contribution in [0.1, 0.15) is 5.69 Å². The number of piperazine rings is 1. The van der Waals surface area contributed by atoms with Crippen molar-refractivity contribution in [2.24, 2.45) is 4.99 Å². The number of ether oxygens (including phenoxy) is 1. The van der Waals surface area contributed by atoms with Crippen molar-refractivity contribution in [3.63, 3.8) is 0 Å².